The number of carboxylic acids is 1. The Morgan fingerprint density at radius 1 is 0.980 bits per heavy atom. The highest BCUT2D eigenvalue weighted by atomic mass is 35.5. The first-order valence-corrected chi connectivity index (χ1v) is 15.3. The summed E-state index contributed by atoms with van der Waals surface area (Å²) in [6.07, 6.45) is 3.58. The van der Waals surface area contributed by atoms with E-state index in [9.17, 15) is 27.2 Å². The molecule has 4 heterocycles. The topological polar surface area (TPSA) is 132 Å². The molecule has 1 amide bonds. The van der Waals surface area contributed by atoms with Gasteiger partial charge in [0, 0.05) is 58.8 Å². The Hall–Kier alpha value is -5.37. The molecule has 6 rings (SSSR count). The molecule has 3 aromatic heterocycles. The van der Waals surface area contributed by atoms with E-state index in [-0.39, 0.29) is 17.4 Å². The number of halogens is 5. The number of pyridine rings is 1. The number of aryl methyl sites for hydroxylation is 1. The van der Waals surface area contributed by atoms with Gasteiger partial charge in [0.05, 0.1) is 30.0 Å². The van der Waals surface area contributed by atoms with Crippen LogP contribution in [-0.2, 0) is 16.6 Å². The molecule has 49 heavy (non-hydrogen) atoms. The van der Waals surface area contributed by atoms with Crippen LogP contribution in [0.15, 0.2) is 84.3 Å². The van der Waals surface area contributed by atoms with Gasteiger partial charge < -0.3 is 10.4 Å². The van der Waals surface area contributed by atoms with E-state index in [0.29, 0.717) is 52.5 Å². The number of hydrogen-bond acceptors (Lipinski definition) is 6. The molecule has 0 radical (unpaired) electrons. The maximum atomic E-state index is 14.3. The van der Waals surface area contributed by atoms with Crippen LogP contribution in [0.4, 0.5) is 23.2 Å². The van der Waals surface area contributed by atoms with Gasteiger partial charge >= 0.3 is 12.1 Å². The Kier molecular flexibility index (Phi) is 10.3. The fourth-order valence-corrected chi connectivity index (χ4v) is 5.60. The summed E-state index contributed by atoms with van der Waals surface area (Å²) in [6, 6.07) is 14.4. The van der Waals surface area contributed by atoms with E-state index in [4.69, 9.17) is 26.5 Å². The van der Waals surface area contributed by atoms with Crippen LogP contribution in [0.2, 0.25) is 5.02 Å². The third-order valence-electron chi connectivity index (χ3n) is 7.92. The molecule has 0 fully saturated rings. The van der Waals surface area contributed by atoms with Crippen LogP contribution >= 0.6 is 11.6 Å². The number of fused-ring (bicyclic) bond motifs is 4. The summed E-state index contributed by atoms with van der Waals surface area (Å²) in [5.74, 6) is -3.59. The number of benzene rings is 2. The zero-order valence-electron chi connectivity index (χ0n) is 26.1. The van der Waals surface area contributed by atoms with Crippen molar-refractivity contribution in [2.24, 2.45) is 13.0 Å². The Bertz CT molecular complexity index is 2080. The molecule has 2 bridgehead atoms. The number of anilines is 1. The number of carbonyl (C=O) groups is 2. The molecule has 1 aliphatic heterocycles. The molecular weight excluding hydrogens is 668 g/mol. The Labute approximate surface area is 282 Å². The lowest BCUT2D eigenvalue weighted by Crippen LogP contribution is -2.27. The SMILES string of the molecule is C[C@@H]1CCC[C@H](n2cnc(-c3cc(Cl)ccc3-c3cnn(C)c3)cc2=O)c2cc(ccn2)-c2cc(F)ccc2NC1=O.O=C(O)C(F)(F)F. The van der Waals surface area contributed by atoms with Gasteiger partial charge in [0.1, 0.15) is 5.82 Å². The Morgan fingerprint density at radius 3 is 2.41 bits per heavy atom. The summed E-state index contributed by atoms with van der Waals surface area (Å²) in [5, 5.41) is 14.9. The average Bonchev–Trinajstić information content (AvgIpc) is 3.49. The molecule has 254 valence electrons. The smallest absolute Gasteiger partial charge is 0.475 e. The van der Waals surface area contributed by atoms with Gasteiger partial charge in [-0.2, -0.15) is 18.3 Å². The molecular formula is C34H29ClF4N6O4. The predicted molar refractivity (Wildman–Crippen MR) is 174 cm³/mol. The van der Waals surface area contributed by atoms with E-state index in [1.54, 1.807) is 52.2 Å². The predicted octanol–water partition coefficient (Wildman–Crippen LogP) is 7.15. The van der Waals surface area contributed by atoms with Crippen molar-refractivity contribution < 1.29 is 32.3 Å². The fraction of sp³-hybridized carbons (Fsp3) is 0.235. The first-order chi connectivity index (χ1) is 23.2. The van der Waals surface area contributed by atoms with Crippen molar-refractivity contribution in [2.45, 2.75) is 38.4 Å². The van der Waals surface area contributed by atoms with Crippen molar-refractivity contribution in [1.82, 2.24) is 24.3 Å². The summed E-state index contributed by atoms with van der Waals surface area (Å²) in [6.45, 7) is 1.87. The van der Waals surface area contributed by atoms with Gasteiger partial charge in [-0.05, 0) is 66.4 Å². The number of nitrogens with one attached hydrogen (secondary N) is 1. The van der Waals surface area contributed by atoms with Gasteiger partial charge in [-0.25, -0.2) is 14.2 Å². The quantitative estimate of drug-likeness (QED) is 0.192. The highest BCUT2D eigenvalue weighted by Gasteiger charge is 2.38. The van der Waals surface area contributed by atoms with Crippen molar-refractivity contribution in [3.63, 3.8) is 0 Å². The second kappa shape index (κ2) is 14.4. The molecule has 0 aliphatic carbocycles. The number of carbonyl (C=O) groups excluding carboxylic acids is 1. The molecule has 0 saturated heterocycles. The Balaban J connectivity index is 0.000000606. The van der Waals surface area contributed by atoms with Gasteiger partial charge in [-0.15, -0.1) is 0 Å². The van der Waals surface area contributed by atoms with Crippen LogP contribution in [0.25, 0.3) is 33.5 Å². The second-order valence-electron chi connectivity index (χ2n) is 11.4. The number of rotatable bonds is 3. The summed E-state index contributed by atoms with van der Waals surface area (Å²) in [4.78, 5) is 44.9. The Morgan fingerprint density at radius 2 is 1.73 bits per heavy atom. The average molecular weight is 697 g/mol. The molecule has 2 atom stereocenters. The lowest BCUT2D eigenvalue weighted by molar-refractivity contribution is -0.192. The van der Waals surface area contributed by atoms with Crippen molar-refractivity contribution in [3.05, 3.63) is 106 Å². The van der Waals surface area contributed by atoms with E-state index >= 15 is 0 Å². The maximum absolute atomic E-state index is 14.3. The van der Waals surface area contributed by atoms with Crippen LogP contribution in [0.3, 0.4) is 0 Å². The monoisotopic (exact) mass is 696 g/mol. The number of aliphatic carboxylic acids is 1. The minimum absolute atomic E-state index is 0.136. The zero-order chi connectivity index (χ0) is 35.5. The van der Waals surface area contributed by atoms with E-state index in [1.807, 2.05) is 32.3 Å². The first-order valence-electron chi connectivity index (χ1n) is 14.9. The van der Waals surface area contributed by atoms with Gasteiger partial charge in [0.2, 0.25) is 5.91 Å². The highest BCUT2D eigenvalue weighted by Crippen LogP contribution is 2.35. The van der Waals surface area contributed by atoms with Crippen LogP contribution < -0.4 is 10.9 Å². The van der Waals surface area contributed by atoms with Crippen LogP contribution in [-0.4, -0.2) is 47.5 Å². The van der Waals surface area contributed by atoms with Gasteiger partial charge in [-0.1, -0.05) is 31.0 Å². The number of nitrogens with zero attached hydrogens (tertiary/aromatic N) is 5. The number of carboxylic acid groups (broad SMARTS) is 1. The van der Waals surface area contributed by atoms with Gasteiger partial charge in [-0.3, -0.25) is 23.8 Å². The van der Waals surface area contributed by atoms with E-state index < -0.39 is 24.0 Å². The summed E-state index contributed by atoms with van der Waals surface area (Å²) >= 11 is 6.35. The fourth-order valence-electron chi connectivity index (χ4n) is 5.43. The molecule has 2 N–H and O–H groups in total. The van der Waals surface area contributed by atoms with Crippen LogP contribution in [0.1, 0.15) is 37.9 Å². The van der Waals surface area contributed by atoms with Crippen molar-refractivity contribution in [3.8, 4) is 33.5 Å². The molecule has 0 saturated carbocycles. The lowest BCUT2D eigenvalue weighted by atomic mass is 9.95. The minimum atomic E-state index is -5.08. The first kappa shape index (κ1) is 35.0. The highest BCUT2D eigenvalue weighted by molar-refractivity contribution is 6.31. The normalized spacial score (nSPS) is 16.3. The van der Waals surface area contributed by atoms with E-state index in [1.165, 1.54) is 18.2 Å². The van der Waals surface area contributed by atoms with Crippen LogP contribution in [0, 0.1) is 11.7 Å². The molecule has 15 heteroatoms. The lowest BCUT2D eigenvalue weighted by Gasteiger charge is -2.23. The molecule has 5 aromatic rings. The number of alkyl halides is 3. The van der Waals surface area contributed by atoms with Crippen molar-refractivity contribution >= 4 is 29.2 Å². The zero-order valence-corrected chi connectivity index (χ0v) is 26.8. The third kappa shape index (κ3) is 8.20. The standard InChI is InChI=1S/C32H28ClFN6O2.C2HF3O2/c1-19-4-3-5-30(29-12-20(10-11-35-29)25-14-23(34)7-9-27(25)38-32(19)42)40-18-36-28(15-31(40)41)26-13-22(33)6-8-24(26)21-16-37-39(2)17-21;3-2(4,5)1(6)7/h6-19,30H,3-5H2,1-2H3,(H,38,42);(H,6,7)/t19-,30+;/m1./s1. The molecule has 0 unspecified atom stereocenters. The summed E-state index contributed by atoms with van der Waals surface area (Å²) < 4.78 is 49.4. The maximum Gasteiger partial charge on any atom is 0.490 e. The molecule has 0 spiro atoms. The molecule has 10 nitrogen and oxygen atoms in total. The number of hydrogen-bond donors (Lipinski definition) is 2. The number of aromatic nitrogens is 5. The van der Waals surface area contributed by atoms with Gasteiger partial charge in [0.25, 0.3) is 5.56 Å². The summed E-state index contributed by atoms with van der Waals surface area (Å²) in [5.41, 5.74) is 5.10. The van der Waals surface area contributed by atoms with Crippen LogP contribution in [0.5, 0.6) is 0 Å². The second-order valence-corrected chi connectivity index (χ2v) is 11.8. The minimum Gasteiger partial charge on any atom is -0.475 e. The van der Waals surface area contributed by atoms with E-state index in [0.717, 1.165) is 16.7 Å². The third-order valence-corrected chi connectivity index (χ3v) is 8.16. The van der Waals surface area contributed by atoms with Crippen molar-refractivity contribution in [2.75, 3.05) is 5.32 Å². The molecule has 2 aromatic carbocycles. The summed E-state index contributed by atoms with van der Waals surface area (Å²) in [7, 11) is 1.84. The van der Waals surface area contributed by atoms with Gasteiger partial charge in [0.15, 0.2) is 0 Å². The number of amides is 1. The molecule has 1 aliphatic rings. The van der Waals surface area contributed by atoms with Crippen molar-refractivity contribution in [1.29, 1.82) is 0 Å². The van der Waals surface area contributed by atoms with E-state index in [2.05, 4.69) is 15.4 Å². The largest absolute Gasteiger partial charge is 0.490 e.